The van der Waals surface area contributed by atoms with E-state index in [0.29, 0.717) is 5.69 Å². The smallest absolute Gasteiger partial charge is 0.339 e. The number of hydrogen-bond donors (Lipinski definition) is 2. The van der Waals surface area contributed by atoms with Crippen LogP contribution >= 0.6 is 11.6 Å². The summed E-state index contributed by atoms with van der Waals surface area (Å²) in [6.07, 6.45) is 4.07. The number of carbonyl (C=O) groups excluding carboxylic acids is 1. The third-order valence-corrected chi connectivity index (χ3v) is 3.90. The predicted molar refractivity (Wildman–Crippen MR) is 90.9 cm³/mol. The number of carboxylic acid groups (broad SMARTS) is 1. The third-order valence-electron chi connectivity index (χ3n) is 3.55. The molecule has 3 aromatic rings. The molecule has 1 amide bonds. The molecule has 0 saturated carbocycles. The van der Waals surface area contributed by atoms with Crippen LogP contribution in [0.4, 0.5) is 10.1 Å². The van der Waals surface area contributed by atoms with Crippen LogP contribution in [0.15, 0.2) is 36.8 Å². The topological polar surface area (TPSA) is 102 Å². The van der Waals surface area contributed by atoms with Crippen molar-refractivity contribution in [3.63, 3.8) is 0 Å². The first-order valence-corrected chi connectivity index (χ1v) is 7.76. The van der Waals surface area contributed by atoms with Crippen molar-refractivity contribution in [1.82, 2.24) is 19.6 Å². The molecule has 2 aromatic heterocycles. The first-order valence-electron chi connectivity index (χ1n) is 7.39. The summed E-state index contributed by atoms with van der Waals surface area (Å²) in [4.78, 5) is 23.4. The number of halogens is 2. The van der Waals surface area contributed by atoms with Gasteiger partial charge in [0.25, 0.3) is 5.91 Å². The fraction of sp³-hybridized carbons (Fsp3) is 0.125. The summed E-state index contributed by atoms with van der Waals surface area (Å²) < 4.78 is 16.5. The highest BCUT2D eigenvalue weighted by atomic mass is 35.5. The predicted octanol–water partition coefficient (Wildman–Crippen LogP) is 2.41. The number of nitrogens with one attached hydrogen (secondary N) is 1. The Morgan fingerprint density at radius 1 is 1.35 bits per heavy atom. The maximum Gasteiger partial charge on any atom is 0.339 e. The van der Waals surface area contributed by atoms with Gasteiger partial charge in [-0.25, -0.2) is 9.18 Å². The molecule has 2 N–H and O–H groups in total. The Balaban J connectivity index is 1.77. The Kier molecular flexibility index (Phi) is 4.72. The summed E-state index contributed by atoms with van der Waals surface area (Å²) in [7, 11) is 1.51. The number of rotatable bonds is 5. The van der Waals surface area contributed by atoms with Gasteiger partial charge in [0.15, 0.2) is 5.69 Å². The number of anilines is 1. The second kappa shape index (κ2) is 6.96. The lowest BCUT2D eigenvalue weighted by molar-refractivity contribution is 0.0692. The average Bonchev–Trinajstić information content (AvgIpc) is 3.17. The summed E-state index contributed by atoms with van der Waals surface area (Å²) in [6, 6.07) is 4.37. The average molecular weight is 378 g/mol. The van der Waals surface area contributed by atoms with Crippen molar-refractivity contribution >= 4 is 29.2 Å². The van der Waals surface area contributed by atoms with Crippen LogP contribution in [-0.2, 0) is 13.6 Å². The van der Waals surface area contributed by atoms with Crippen LogP contribution in [0.5, 0.6) is 0 Å². The fourth-order valence-corrected chi connectivity index (χ4v) is 2.59. The molecule has 1 aromatic carbocycles. The molecule has 0 radical (unpaired) electrons. The summed E-state index contributed by atoms with van der Waals surface area (Å²) in [6.45, 7) is 0.0747. The molecule has 3 rings (SSSR count). The van der Waals surface area contributed by atoms with Crippen molar-refractivity contribution in [1.29, 1.82) is 0 Å². The van der Waals surface area contributed by atoms with E-state index in [9.17, 15) is 14.0 Å². The van der Waals surface area contributed by atoms with Crippen LogP contribution in [0, 0.1) is 5.82 Å². The van der Waals surface area contributed by atoms with Gasteiger partial charge in [-0.1, -0.05) is 17.7 Å². The van der Waals surface area contributed by atoms with Crippen molar-refractivity contribution in [3.05, 3.63) is 64.5 Å². The molecule has 0 unspecified atom stereocenters. The van der Waals surface area contributed by atoms with E-state index in [1.807, 2.05) is 0 Å². The Morgan fingerprint density at radius 2 is 2.12 bits per heavy atom. The highest BCUT2D eigenvalue weighted by Crippen LogP contribution is 2.20. The van der Waals surface area contributed by atoms with Crippen LogP contribution in [0.3, 0.4) is 0 Å². The highest BCUT2D eigenvalue weighted by molar-refractivity contribution is 6.31. The van der Waals surface area contributed by atoms with E-state index in [1.165, 1.54) is 47.1 Å². The number of benzene rings is 1. The Bertz CT molecular complexity index is 977. The number of amides is 1. The van der Waals surface area contributed by atoms with Crippen molar-refractivity contribution in [3.8, 4) is 0 Å². The molecule has 26 heavy (non-hydrogen) atoms. The second-order valence-corrected chi connectivity index (χ2v) is 5.86. The monoisotopic (exact) mass is 377 g/mol. The zero-order valence-corrected chi connectivity index (χ0v) is 14.2. The molecular weight excluding hydrogens is 365 g/mol. The SMILES string of the molecule is Cn1cc(C(=O)O)c(C(=O)Nc2cnn(Cc3c(F)cccc3Cl)c2)n1. The standard InChI is InChI=1S/C16H13ClFN5O3/c1-22-7-11(16(25)26)14(21-22)15(24)20-9-5-19-23(6-9)8-10-12(17)3-2-4-13(10)18/h2-7H,8H2,1H3,(H,20,24)(H,25,26). The van der Waals surface area contributed by atoms with Gasteiger partial charge < -0.3 is 10.4 Å². The lowest BCUT2D eigenvalue weighted by Gasteiger charge is -2.05. The van der Waals surface area contributed by atoms with Crippen LogP contribution in [0.1, 0.15) is 26.4 Å². The molecule has 0 aliphatic heterocycles. The maximum atomic E-state index is 13.8. The Hall–Kier alpha value is -3.20. The highest BCUT2D eigenvalue weighted by Gasteiger charge is 2.21. The van der Waals surface area contributed by atoms with Crippen LogP contribution in [0.25, 0.3) is 0 Å². The number of carboxylic acids is 1. The lowest BCUT2D eigenvalue weighted by Crippen LogP contribution is -2.16. The number of aromatic nitrogens is 4. The molecule has 0 spiro atoms. The van der Waals surface area contributed by atoms with Gasteiger partial charge in [-0.05, 0) is 12.1 Å². The summed E-state index contributed by atoms with van der Waals surface area (Å²) >= 11 is 5.98. The zero-order chi connectivity index (χ0) is 18.8. The van der Waals surface area contributed by atoms with Crippen LogP contribution < -0.4 is 5.32 Å². The molecule has 134 valence electrons. The number of carbonyl (C=O) groups is 2. The van der Waals surface area contributed by atoms with E-state index >= 15 is 0 Å². The molecule has 0 aliphatic carbocycles. The normalized spacial score (nSPS) is 10.7. The van der Waals surface area contributed by atoms with E-state index in [2.05, 4.69) is 15.5 Å². The fourth-order valence-electron chi connectivity index (χ4n) is 2.36. The zero-order valence-electron chi connectivity index (χ0n) is 13.5. The minimum absolute atomic E-state index is 0.0747. The van der Waals surface area contributed by atoms with Gasteiger partial charge in [0.05, 0.1) is 18.4 Å². The number of aromatic carboxylic acids is 1. The van der Waals surface area contributed by atoms with Gasteiger partial charge in [0, 0.05) is 30.0 Å². The Labute approximate surface area is 151 Å². The summed E-state index contributed by atoms with van der Waals surface area (Å²) in [5, 5.41) is 19.8. The van der Waals surface area contributed by atoms with Crippen LogP contribution in [-0.4, -0.2) is 36.5 Å². The van der Waals surface area contributed by atoms with Gasteiger partial charge in [0.1, 0.15) is 11.4 Å². The number of nitrogens with zero attached hydrogens (tertiary/aromatic N) is 4. The largest absolute Gasteiger partial charge is 0.478 e. The maximum absolute atomic E-state index is 13.8. The third kappa shape index (κ3) is 3.57. The van der Waals surface area contributed by atoms with Gasteiger partial charge in [0.2, 0.25) is 0 Å². The first kappa shape index (κ1) is 17.6. The van der Waals surface area contributed by atoms with E-state index in [-0.39, 0.29) is 28.4 Å². The van der Waals surface area contributed by atoms with Crippen molar-refractivity contribution < 1.29 is 19.1 Å². The molecule has 8 nitrogen and oxygen atoms in total. The van der Waals surface area contributed by atoms with E-state index in [4.69, 9.17) is 16.7 Å². The van der Waals surface area contributed by atoms with E-state index < -0.39 is 17.7 Å². The minimum Gasteiger partial charge on any atom is -0.478 e. The molecule has 0 aliphatic rings. The number of aryl methyl sites for hydroxylation is 1. The lowest BCUT2D eigenvalue weighted by atomic mass is 10.2. The van der Waals surface area contributed by atoms with Gasteiger partial charge >= 0.3 is 5.97 Å². The van der Waals surface area contributed by atoms with Gasteiger partial charge in [-0.3, -0.25) is 14.2 Å². The first-order chi connectivity index (χ1) is 12.3. The van der Waals surface area contributed by atoms with Gasteiger partial charge in [-0.15, -0.1) is 0 Å². The molecule has 2 heterocycles. The molecular formula is C16H13ClFN5O3. The summed E-state index contributed by atoms with van der Waals surface area (Å²) in [5.74, 6) is -2.40. The quantitative estimate of drug-likeness (QED) is 0.710. The molecule has 0 bridgehead atoms. The van der Waals surface area contributed by atoms with Crippen molar-refractivity contribution in [2.75, 3.05) is 5.32 Å². The van der Waals surface area contributed by atoms with E-state index in [1.54, 1.807) is 6.07 Å². The molecule has 10 heteroatoms. The second-order valence-electron chi connectivity index (χ2n) is 5.45. The summed E-state index contributed by atoms with van der Waals surface area (Å²) in [5.41, 5.74) is 0.151. The molecule has 0 atom stereocenters. The molecule has 0 fully saturated rings. The van der Waals surface area contributed by atoms with Gasteiger partial charge in [-0.2, -0.15) is 10.2 Å². The van der Waals surface area contributed by atoms with Crippen LogP contribution in [0.2, 0.25) is 5.02 Å². The van der Waals surface area contributed by atoms with E-state index in [0.717, 1.165) is 0 Å². The molecule has 0 saturated heterocycles. The Morgan fingerprint density at radius 3 is 2.81 bits per heavy atom. The van der Waals surface area contributed by atoms with Crippen molar-refractivity contribution in [2.45, 2.75) is 6.54 Å². The van der Waals surface area contributed by atoms with Crippen molar-refractivity contribution in [2.24, 2.45) is 7.05 Å². The number of hydrogen-bond acceptors (Lipinski definition) is 4. The minimum atomic E-state index is -1.26.